The quantitative estimate of drug-likeness (QED) is 0.929. The second-order valence-corrected chi connectivity index (χ2v) is 5.75. The summed E-state index contributed by atoms with van der Waals surface area (Å²) >= 11 is 0. The third-order valence-electron chi connectivity index (χ3n) is 3.99. The average molecular weight is 328 g/mol. The topological polar surface area (TPSA) is 78.7 Å². The Kier molecular flexibility index (Phi) is 4.79. The Morgan fingerprint density at radius 3 is 2.42 bits per heavy atom. The normalized spacial score (nSPS) is 14.5. The number of nitrogens with zero attached hydrogens (tertiary/aromatic N) is 3. The molecule has 1 aromatic heterocycles. The van der Waals surface area contributed by atoms with Gasteiger partial charge in [-0.25, -0.2) is 4.79 Å². The molecular formula is C17H20N4O3. The fourth-order valence-electron chi connectivity index (χ4n) is 2.63. The van der Waals surface area contributed by atoms with E-state index >= 15 is 0 Å². The third-order valence-corrected chi connectivity index (χ3v) is 3.99. The molecule has 7 heteroatoms. The van der Waals surface area contributed by atoms with Crippen LogP contribution < -0.4 is 5.32 Å². The summed E-state index contributed by atoms with van der Waals surface area (Å²) in [6.45, 7) is 4.23. The Morgan fingerprint density at radius 2 is 1.79 bits per heavy atom. The molecule has 1 aromatic carbocycles. The molecule has 1 N–H and O–H groups in total. The lowest BCUT2D eigenvalue weighted by atomic mass is 10.2. The van der Waals surface area contributed by atoms with Gasteiger partial charge in [-0.1, -0.05) is 35.5 Å². The van der Waals surface area contributed by atoms with E-state index in [9.17, 15) is 9.59 Å². The minimum atomic E-state index is -0.156. The number of nitrogens with one attached hydrogen (secondary N) is 1. The van der Waals surface area contributed by atoms with Crippen molar-refractivity contribution in [2.75, 3.05) is 26.2 Å². The first-order valence-electron chi connectivity index (χ1n) is 7.93. The van der Waals surface area contributed by atoms with Gasteiger partial charge >= 0.3 is 6.03 Å². The van der Waals surface area contributed by atoms with Crippen molar-refractivity contribution >= 4 is 11.9 Å². The monoisotopic (exact) mass is 328 g/mol. The molecule has 24 heavy (non-hydrogen) atoms. The SMILES string of the molecule is Cc1cc(C(=O)N2CCN(C(=O)NCc3ccccc3)CC2)no1. The van der Waals surface area contributed by atoms with Crippen LogP contribution in [0.2, 0.25) is 0 Å². The average Bonchev–Trinajstić information content (AvgIpc) is 3.06. The maximum atomic E-state index is 12.3. The van der Waals surface area contributed by atoms with Gasteiger partial charge in [0.25, 0.3) is 5.91 Å². The first-order chi connectivity index (χ1) is 11.6. The number of carbonyl (C=O) groups excluding carboxylic acids is 2. The van der Waals surface area contributed by atoms with E-state index in [-0.39, 0.29) is 11.9 Å². The van der Waals surface area contributed by atoms with E-state index in [4.69, 9.17) is 4.52 Å². The zero-order chi connectivity index (χ0) is 16.9. The second kappa shape index (κ2) is 7.16. The van der Waals surface area contributed by atoms with Crippen LogP contribution in [0.25, 0.3) is 0 Å². The lowest BCUT2D eigenvalue weighted by Crippen LogP contribution is -2.53. The fourth-order valence-corrected chi connectivity index (χ4v) is 2.63. The Balaban J connectivity index is 1.47. The van der Waals surface area contributed by atoms with Crippen molar-refractivity contribution in [1.82, 2.24) is 20.3 Å². The van der Waals surface area contributed by atoms with Gasteiger partial charge in [0.05, 0.1) is 0 Å². The minimum Gasteiger partial charge on any atom is -0.361 e. The number of hydrogen-bond acceptors (Lipinski definition) is 4. The van der Waals surface area contributed by atoms with Crippen LogP contribution in [-0.2, 0) is 6.54 Å². The summed E-state index contributed by atoms with van der Waals surface area (Å²) in [5.74, 6) is 0.452. The summed E-state index contributed by atoms with van der Waals surface area (Å²) in [4.78, 5) is 27.9. The Hall–Kier alpha value is -2.83. The van der Waals surface area contributed by atoms with E-state index in [1.165, 1.54) is 0 Å². The lowest BCUT2D eigenvalue weighted by molar-refractivity contribution is 0.0654. The Labute approximate surface area is 140 Å². The van der Waals surface area contributed by atoms with Gasteiger partial charge in [0.1, 0.15) is 5.76 Å². The van der Waals surface area contributed by atoms with Crippen molar-refractivity contribution in [1.29, 1.82) is 0 Å². The van der Waals surface area contributed by atoms with Crippen LogP contribution in [-0.4, -0.2) is 53.1 Å². The highest BCUT2D eigenvalue weighted by Gasteiger charge is 2.26. The molecule has 126 valence electrons. The number of amides is 3. The van der Waals surface area contributed by atoms with Crippen LogP contribution in [0.15, 0.2) is 40.9 Å². The van der Waals surface area contributed by atoms with E-state index in [0.717, 1.165) is 5.56 Å². The van der Waals surface area contributed by atoms with Gasteiger partial charge in [-0.3, -0.25) is 4.79 Å². The number of hydrogen-bond donors (Lipinski definition) is 1. The van der Waals surface area contributed by atoms with Crippen LogP contribution in [0.3, 0.4) is 0 Å². The smallest absolute Gasteiger partial charge is 0.317 e. The molecule has 0 bridgehead atoms. The summed E-state index contributed by atoms with van der Waals surface area (Å²) in [6, 6.07) is 11.3. The molecule has 2 aromatic rings. The Bertz CT molecular complexity index is 706. The van der Waals surface area contributed by atoms with E-state index in [1.54, 1.807) is 22.8 Å². The highest BCUT2D eigenvalue weighted by Crippen LogP contribution is 2.09. The van der Waals surface area contributed by atoms with Crippen molar-refractivity contribution < 1.29 is 14.1 Å². The molecule has 1 aliphatic heterocycles. The van der Waals surface area contributed by atoms with Gasteiger partial charge in [-0.2, -0.15) is 0 Å². The number of piperazine rings is 1. The van der Waals surface area contributed by atoms with Crippen molar-refractivity contribution in [3.05, 3.63) is 53.4 Å². The van der Waals surface area contributed by atoms with Crippen molar-refractivity contribution in [2.45, 2.75) is 13.5 Å². The number of carbonyl (C=O) groups is 2. The fraction of sp³-hybridized carbons (Fsp3) is 0.353. The molecule has 0 atom stereocenters. The molecule has 1 aliphatic rings. The first kappa shape index (κ1) is 16.0. The standard InChI is InChI=1S/C17H20N4O3/c1-13-11-15(19-24-13)16(22)20-7-9-21(10-8-20)17(23)18-12-14-5-3-2-4-6-14/h2-6,11H,7-10,12H2,1H3,(H,18,23). The largest absolute Gasteiger partial charge is 0.361 e. The van der Waals surface area contributed by atoms with E-state index in [2.05, 4.69) is 10.5 Å². The van der Waals surface area contributed by atoms with Gasteiger partial charge in [0.2, 0.25) is 0 Å². The van der Waals surface area contributed by atoms with E-state index < -0.39 is 0 Å². The number of benzene rings is 1. The van der Waals surface area contributed by atoms with Crippen LogP contribution >= 0.6 is 0 Å². The van der Waals surface area contributed by atoms with Crippen molar-refractivity contribution in [3.8, 4) is 0 Å². The molecule has 0 spiro atoms. The van der Waals surface area contributed by atoms with Crippen LogP contribution in [0.1, 0.15) is 21.8 Å². The molecule has 2 heterocycles. The zero-order valence-electron chi connectivity index (χ0n) is 13.6. The number of urea groups is 1. The van der Waals surface area contributed by atoms with Gasteiger partial charge in [-0.05, 0) is 12.5 Å². The second-order valence-electron chi connectivity index (χ2n) is 5.75. The predicted octanol–water partition coefficient (Wildman–Crippen LogP) is 1.65. The maximum absolute atomic E-state index is 12.3. The highest BCUT2D eigenvalue weighted by atomic mass is 16.5. The molecule has 7 nitrogen and oxygen atoms in total. The first-order valence-corrected chi connectivity index (χ1v) is 7.93. The summed E-state index contributed by atoms with van der Waals surface area (Å²) < 4.78 is 4.94. The maximum Gasteiger partial charge on any atom is 0.317 e. The molecule has 3 amide bonds. The highest BCUT2D eigenvalue weighted by molar-refractivity contribution is 5.92. The van der Waals surface area contributed by atoms with Crippen molar-refractivity contribution in [3.63, 3.8) is 0 Å². The molecule has 0 radical (unpaired) electrons. The lowest BCUT2D eigenvalue weighted by Gasteiger charge is -2.34. The van der Waals surface area contributed by atoms with Crippen LogP contribution in [0.4, 0.5) is 4.79 Å². The van der Waals surface area contributed by atoms with Gasteiger partial charge < -0.3 is 19.6 Å². The summed E-state index contributed by atoms with van der Waals surface area (Å²) in [7, 11) is 0. The van der Waals surface area contributed by atoms with Gasteiger partial charge in [-0.15, -0.1) is 0 Å². The number of rotatable bonds is 3. The molecule has 1 fully saturated rings. The predicted molar refractivity (Wildman–Crippen MR) is 87.4 cm³/mol. The molecule has 0 unspecified atom stereocenters. The summed E-state index contributed by atoms with van der Waals surface area (Å²) in [5.41, 5.74) is 1.37. The minimum absolute atomic E-state index is 0.108. The van der Waals surface area contributed by atoms with E-state index in [1.807, 2.05) is 30.3 Å². The molecule has 0 saturated carbocycles. The van der Waals surface area contributed by atoms with Crippen LogP contribution in [0, 0.1) is 6.92 Å². The summed E-state index contributed by atoms with van der Waals surface area (Å²) in [6.07, 6.45) is 0. The van der Waals surface area contributed by atoms with Crippen LogP contribution in [0.5, 0.6) is 0 Å². The summed E-state index contributed by atoms with van der Waals surface area (Å²) in [5, 5.41) is 6.65. The van der Waals surface area contributed by atoms with E-state index in [0.29, 0.717) is 44.2 Å². The Morgan fingerprint density at radius 1 is 1.12 bits per heavy atom. The van der Waals surface area contributed by atoms with Gasteiger partial charge in [0, 0.05) is 38.8 Å². The molecular weight excluding hydrogens is 308 g/mol. The van der Waals surface area contributed by atoms with Gasteiger partial charge in [0.15, 0.2) is 5.69 Å². The number of aromatic nitrogens is 1. The zero-order valence-corrected chi connectivity index (χ0v) is 13.6. The molecule has 1 saturated heterocycles. The number of aryl methyl sites for hydroxylation is 1. The molecule has 3 rings (SSSR count). The van der Waals surface area contributed by atoms with Crippen molar-refractivity contribution in [2.24, 2.45) is 0 Å². The molecule has 0 aliphatic carbocycles. The third kappa shape index (κ3) is 3.73.